The molecule has 1 atom stereocenters. The molecule has 0 bridgehead atoms. The molecule has 0 saturated carbocycles. The summed E-state index contributed by atoms with van der Waals surface area (Å²) in [5, 5.41) is 7.63. The van der Waals surface area contributed by atoms with Crippen molar-refractivity contribution in [1.29, 1.82) is 5.41 Å². The smallest absolute Gasteiger partial charge is 0.124 e. The number of nitrogens with one attached hydrogen (secondary N) is 1. The molecule has 0 radical (unpaired) electrons. The van der Waals surface area contributed by atoms with Gasteiger partial charge in [-0.2, -0.15) is 0 Å². The van der Waals surface area contributed by atoms with E-state index in [9.17, 15) is 0 Å². The van der Waals surface area contributed by atoms with Gasteiger partial charge in [0.15, 0.2) is 0 Å². The highest BCUT2D eigenvalue weighted by molar-refractivity contribution is 6.00. The molecular weight excluding hydrogens is 214 g/mol. The number of likely N-dealkylation sites (N-methyl/N-ethyl adjacent to an activating group) is 1. The molecular formula is C13H21N3O. The van der Waals surface area contributed by atoms with E-state index in [2.05, 4.69) is 11.8 Å². The Bertz CT molecular complexity index is 404. The highest BCUT2D eigenvalue weighted by Gasteiger charge is 2.14. The third kappa shape index (κ3) is 3.20. The number of benzene rings is 1. The van der Waals surface area contributed by atoms with Crippen LogP contribution in [0.15, 0.2) is 18.2 Å². The Hall–Kier alpha value is -1.55. The van der Waals surface area contributed by atoms with E-state index in [1.165, 1.54) is 0 Å². The maximum Gasteiger partial charge on any atom is 0.124 e. The van der Waals surface area contributed by atoms with Crippen LogP contribution in [0, 0.1) is 12.3 Å². The summed E-state index contributed by atoms with van der Waals surface area (Å²) in [5.74, 6) is 0.0974. The van der Waals surface area contributed by atoms with Crippen molar-refractivity contribution in [2.24, 2.45) is 5.73 Å². The first-order chi connectivity index (χ1) is 7.97. The van der Waals surface area contributed by atoms with E-state index in [-0.39, 0.29) is 11.9 Å². The summed E-state index contributed by atoms with van der Waals surface area (Å²) in [6.45, 7) is 4.71. The van der Waals surface area contributed by atoms with Crippen molar-refractivity contribution < 1.29 is 4.74 Å². The summed E-state index contributed by atoms with van der Waals surface area (Å²) < 4.78 is 5.14. The summed E-state index contributed by atoms with van der Waals surface area (Å²) in [6.07, 6.45) is 0. The van der Waals surface area contributed by atoms with Crippen LogP contribution in [0.2, 0.25) is 0 Å². The number of rotatable bonds is 5. The predicted octanol–water partition coefficient (Wildman–Crippen LogP) is 1.75. The highest BCUT2D eigenvalue weighted by Crippen LogP contribution is 2.22. The first-order valence-corrected chi connectivity index (χ1v) is 5.64. The lowest BCUT2D eigenvalue weighted by Crippen LogP contribution is -2.34. The van der Waals surface area contributed by atoms with E-state index in [1.807, 2.05) is 32.2 Å². The van der Waals surface area contributed by atoms with Gasteiger partial charge in [-0.3, -0.25) is 5.41 Å². The van der Waals surface area contributed by atoms with Gasteiger partial charge in [0.1, 0.15) is 5.84 Å². The Morgan fingerprint density at radius 2 is 2.18 bits per heavy atom. The summed E-state index contributed by atoms with van der Waals surface area (Å²) in [6, 6.07) is 6.20. The molecule has 1 rings (SSSR count). The van der Waals surface area contributed by atoms with Gasteiger partial charge in [-0.15, -0.1) is 0 Å². The SMILES string of the molecule is COCC(C)N(C)c1ccc(C)cc1C(=N)N. The number of ether oxygens (including phenoxy) is 1. The maximum atomic E-state index is 7.63. The molecule has 94 valence electrons. The Morgan fingerprint density at radius 1 is 1.53 bits per heavy atom. The van der Waals surface area contributed by atoms with Crippen LogP contribution in [0.5, 0.6) is 0 Å². The van der Waals surface area contributed by atoms with Gasteiger partial charge in [-0.05, 0) is 26.0 Å². The average molecular weight is 235 g/mol. The van der Waals surface area contributed by atoms with E-state index >= 15 is 0 Å². The largest absolute Gasteiger partial charge is 0.384 e. The molecule has 17 heavy (non-hydrogen) atoms. The zero-order valence-electron chi connectivity index (χ0n) is 10.9. The number of nitrogens with zero attached hydrogens (tertiary/aromatic N) is 1. The highest BCUT2D eigenvalue weighted by atomic mass is 16.5. The fourth-order valence-corrected chi connectivity index (χ4v) is 1.76. The van der Waals surface area contributed by atoms with Crippen LogP contribution in [0.25, 0.3) is 0 Å². The lowest BCUT2D eigenvalue weighted by Gasteiger charge is -2.28. The zero-order valence-corrected chi connectivity index (χ0v) is 10.9. The quantitative estimate of drug-likeness (QED) is 0.603. The van der Waals surface area contributed by atoms with Gasteiger partial charge in [0.25, 0.3) is 0 Å². The Balaban J connectivity index is 3.08. The van der Waals surface area contributed by atoms with E-state index in [0.717, 1.165) is 16.8 Å². The minimum Gasteiger partial charge on any atom is -0.384 e. The molecule has 0 aliphatic carbocycles. The molecule has 4 heteroatoms. The van der Waals surface area contributed by atoms with Crippen molar-refractivity contribution >= 4 is 11.5 Å². The predicted molar refractivity (Wildman–Crippen MR) is 71.9 cm³/mol. The molecule has 0 amide bonds. The maximum absolute atomic E-state index is 7.63. The summed E-state index contributed by atoms with van der Waals surface area (Å²) >= 11 is 0. The van der Waals surface area contributed by atoms with Crippen molar-refractivity contribution in [3.8, 4) is 0 Å². The second-order valence-corrected chi connectivity index (χ2v) is 4.35. The third-order valence-corrected chi connectivity index (χ3v) is 2.89. The van der Waals surface area contributed by atoms with Crippen LogP contribution >= 0.6 is 0 Å². The van der Waals surface area contributed by atoms with Crippen molar-refractivity contribution in [3.05, 3.63) is 29.3 Å². The van der Waals surface area contributed by atoms with Crippen LogP contribution in [0.4, 0.5) is 5.69 Å². The Kier molecular flexibility index (Phi) is 4.52. The number of nitrogen functional groups attached to an aromatic ring is 1. The number of anilines is 1. The van der Waals surface area contributed by atoms with Crippen molar-refractivity contribution in [2.45, 2.75) is 19.9 Å². The van der Waals surface area contributed by atoms with E-state index in [1.54, 1.807) is 7.11 Å². The molecule has 0 fully saturated rings. The van der Waals surface area contributed by atoms with Crippen molar-refractivity contribution in [2.75, 3.05) is 25.7 Å². The number of methoxy groups -OCH3 is 1. The first kappa shape index (κ1) is 13.5. The second kappa shape index (κ2) is 5.68. The molecule has 0 aromatic heterocycles. The minimum absolute atomic E-state index is 0.0974. The monoisotopic (exact) mass is 235 g/mol. The second-order valence-electron chi connectivity index (χ2n) is 4.35. The van der Waals surface area contributed by atoms with Crippen molar-refractivity contribution in [3.63, 3.8) is 0 Å². The van der Waals surface area contributed by atoms with Gasteiger partial charge in [0.2, 0.25) is 0 Å². The van der Waals surface area contributed by atoms with E-state index in [0.29, 0.717) is 6.61 Å². The van der Waals surface area contributed by atoms with Crippen LogP contribution in [-0.2, 0) is 4.74 Å². The summed E-state index contributed by atoms with van der Waals surface area (Å²) in [4.78, 5) is 2.08. The number of hydrogen-bond donors (Lipinski definition) is 2. The molecule has 0 heterocycles. The average Bonchev–Trinajstić information content (AvgIpc) is 2.28. The molecule has 1 aromatic carbocycles. The molecule has 1 unspecified atom stereocenters. The van der Waals surface area contributed by atoms with Gasteiger partial charge in [0.05, 0.1) is 6.61 Å². The van der Waals surface area contributed by atoms with Crippen LogP contribution in [0.3, 0.4) is 0 Å². The van der Waals surface area contributed by atoms with E-state index in [4.69, 9.17) is 15.9 Å². The van der Waals surface area contributed by atoms with Crippen LogP contribution in [-0.4, -0.2) is 32.6 Å². The van der Waals surface area contributed by atoms with Crippen LogP contribution < -0.4 is 10.6 Å². The standard InChI is InChI=1S/C13H21N3O/c1-9-5-6-12(11(7-9)13(14)15)16(3)10(2)8-17-4/h5-7,10H,8H2,1-4H3,(H3,14,15). The van der Waals surface area contributed by atoms with Gasteiger partial charge < -0.3 is 15.4 Å². The topological polar surface area (TPSA) is 62.3 Å². The summed E-state index contributed by atoms with van der Waals surface area (Å²) in [7, 11) is 3.67. The third-order valence-electron chi connectivity index (χ3n) is 2.89. The molecule has 0 aliphatic rings. The van der Waals surface area contributed by atoms with Crippen LogP contribution in [0.1, 0.15) is 18.1 Å². The number of nitrogens with two attached hydrogens (primary N) is 1. The lowest BCUT2D eigenvalue weighted by molar-refractivity contribution is 0.183. The van der Waals surface area contributed by atoms with E-state index < -0.39 is 0 Å². The number of aryl methyl sites for hydroxylation is 1. The summed E-state index contributed by atoms with van der Waals surface area (Å²) in [5.41, 5.74) is 8.46. The first-order valence-electron chi connectivity index (χ1n) is 5.64. The Morgan fingerprint density at radius 3 is 2.71 bits per heavy atom. The molecule has 0 aliphatic heterocycles. The molecule has 0 saturated heterocycles. The van der Waals surface area contributed by atoms with Gasteiger partial charge in [0, 0.05) is 31.5 Å². The molecule has 4 nitrogen and oxygen atoms in total. The zero-order chi connectivity index (χ0) is 13.0. The van der Waals surface area contributed by atoms with Gasteiger partial charge >= 0.3 is 0 Å². The fraction of sp³-hybridized carbons (Fsp3) is 0.462. The van der Waals surface area contributed by atoms with Gasteiger partial charge in [-0.1, -0.05) is 11.6 Å². The van der Waals surface area contributed by atoms with Gasteiger partial charge in [-0.25, -0.2) is 0 Å². The number of hydrogen-bond acceptors (Lipinski definition) is 3. The number of amidine groups is 1. The molecule has 1 aromatic rings. The molecule has 3 N–H and O–H groups in total. The molecule has 0 spiro atoms. The lowest BCUT2D eigenvalue weighted by atomic mass is 10.1. The normalized spacial score (nSPS) is 12.2. The Labute approximate surface area is 103 Å². The minimum atomic E-state index is 0.0974. The fourth-order valence-electron chi connectivity index (χ4n) is 1.76. The van der Waals surface area contributed by atoms with Crippen molar-refractivity contribution in [1.82, 2.24) is 0 Å².